The SMILES string of the molecule is Cc1cc(O)ccc1C1=C(O)C2CC(C1=O)C2(C)C. The van der Waals surface area contributed by atoms with E-state index in [-0.39, 0.29) is 34.5 Å². The molecule has 100 valence electrons. The number of hydrogen-bond acceptors (Lipinski definition) is 3. The van der Waals surface area contributed by atoms with Gasteiger partial charge in [0.1, 0.15) is 11.5 Å². The quantitative estimate of drug-likeness (QED) is 0.813. The number of carbonyl (C=O) groups is 1. The van der Waals surface area contributed by atoms with E-state index in [4.69, 9.17) is 0 Å². The number of phenols is 1. The number of aromatic hydroxyl groups is 1. The van der Waals surface area contributed by atoms with E-state index in [2.05, 4.69) is 0 Å². The Balaban J connectivity index is 2.16. The molecule has 1 aromatic carbocycles. The number of rotatable bonds is 1. The van der Waals surface area contributed by atoms with E-state index in [9.17, 15) is 15.0 Å². The van der Waals surface area contributed by atoms with Crippen LogP contribution in [0.4, 0.5) is 0 Å². The van der Waals surface area contributed by atoms with E-state index in [0.29, 0.717) is 5.57 Å². The summed E-state index contributed by atoms with van der Waals surface area (Å²) in [6, 6.07) is 4.89. The summed E-state index contributed by atoms with van der Waals surface area (Å²) in [6.45, 7) is 5.93. The molecule has 0 amide bonds. The summed E-state index contributed by atoms with van der Waals surface area (Å²) < 4.78 is 0. The summed E-state index contributed by atoms with van der Waals surface area (Å²) in [6.07, 6.45) is 0.762. The zero-order valence-corrected chi connectivity index (χ0v) is 11.4. The van der Waals surface area contributed by atoms with Gasteiger partial charge in [-0.3, -0.25) is 4.79 Å². The average molecular weight is 258 g/mol. The van der Waals surface area contributed by atoms with Gasteiger partial charge < -0.3 is 10.2 Å². The fourth-order valence-electron chi connectivity index (χ4n) is 3.51. The predicted octanol–water partition coefficient (Wildman–Crippen LogP) is 3.21. The Morgan fingerprint density at radius 3 is 2.42 bits per heavy atom. The second kappa shape index (κ2) is 3.62. The Morgan fingerprint density at radius 1 is 1.21 bits per heavy atom. The topological polar surface area (TPSA) is 57.5 Å². The number of allylic oxidation sites excluding steroid dienone is 2. The normalized spacial score (nSPS) is 28.3. The van der Waals surface area contributed by atoms with Crippen LogP contribution in [0.3, 0.4) is 0 Å². The minimum atomic E-state index is -0.129. The summed E-state index contributed by atoms with van der Waals surface area (Å²) in [5.41, 5.74) is 1.88. The molecule has 2 bridgehead atoms. The van der Waals surface area contributed by atoms with Crippen LogP contribution in [0.5, 0.6) is 5.75 Å². The zero-order chi connectivity index (χ0) is 13.9. The molecule has 0 aromatic heterocycles. The van der Waals surface area contributed by atoms with Gasteiger partial charge in [-0.1, -0.05) is 19.9 Å². The highest BCUT2D eigenvalue weighted by Gasteiger charge is 2.58. The van der Waals surface area contributed by atoms with E-state index in [1.54, 1.807) is 18.2 Å². The fraction of sp³-hybridized carbons (Fsp3) is 0.438. The van der Waals surface area contributed by atoms with E-state index in [0.717, 1.165) is 17.5 Å². The smallest absolute Gasteiger partial charge is 0.170 e. The van der Waals surface area contributed by atoms with E-state index in [1.807, 2.05) is 20.8 Å². The van der Waals surface area contributed by atoms with Crippen LogP contribution in [0.25, 0.3) is 5.57 Å². The van der Waals surface area contributed by atoms with Crippen molar-refractivity contribution in [3.63, 3.8) is 0 Å². The highest BCUT2D eigenvalue weighted by molar-refractivity contribution is 6.24. The zero-order valence-electron chi connectivity index (χ0n) is 11.4. The summed E-state index contributed by atoms with van der Waals surface area (Å²) in [4.78, 5) is 12.5. The van der Waals surface area contributed by atoms with Crippen LogP contribution < -0.4 is 0 Å². The van der Waals surface area contributed by atoms with E-state index >= 15 is 0 Å². The van der Waals surface area contributed by atoms with Crippen molar-refractivity contribution in [2.45, 2.75) is 27.2 Å². The maximum atomic E-state index is 12.5. The summed E-state index contributed by atoms with van der Waals surface area (Å²) in [5, 5.41) is 19.9. The molecule has 1 saturated carbocycles. The van der Waals surface area contributed by atoms with Gasteiger partial charge in [0, 0.05) is 11.8 Å². The molecule has 0 aliphatic heterocycles. The van der Waals surface area contributed by atoms with Gasteiger partial charge in [0.2, 0.25) is 0 Å². The van der Waals surface area contributed by atoms with E-state index < -0.39 is 0 Å². The number of aryl methyl sites for hydroxylation is 1. The predicted molar refractivity (Wildman–Crippen MR) is 72.8 cm³/mol. The van der Waals surface area contributed by atoms with Gasteiger partial charge >= 0.3 is 0 Å². The van der Waals surface area contributed by atoms with Crippen LogP contribution in [-0.2, 0) is 4.79 Å². The monoisotopic (exact) mass is 258 g/mol. The van der Waals surface area contributed by atoms with Gasteiger partial charge in [-0.15, -0.1) is 0 Å². The van der Waals surface area contributed by atoms with Crippen molar-refractivity contribution < 1.29 is 15.0 Å². The van der Waals surface area contributed by atoms with Crippen LogP contribution in [0, 0.1) is 24.2 Å². The highest BCUT2D eigenvalue weighted by Crippen LogP contribution is 2.60. The molecular formula is C16H18O3. The number of Topliss-reactive ketones (excluding diaryl/α,β-unsaturated/α-hetero) is 1. The minimum Gasteiger partial charge on any atom is -0.511 e. The van der Waals surface area contributed by atoms with Crippen molar-refractivity contribution in [1.82, 2.24) is 0 Å². The molecule has 2 N–H and O–H groups in total. The van der Waals surface area contributed by atoms with Crippen LogP contribution >= 0.6 is 0 Å². The molecule has 4 rings (SSSR count). The first-order valence-corrected chi connectivity index (χ1v) is 6.61. The fourth-order valence-corrected chi connectivity index (χ4v) is 3.51. The molecule has 3 aliphatic rings. The van der Waals surface area contributed by atoms with Crippen LogP contribution in [0.1, 0.15) is 31.4 Å². The Labute approximate surface area is 112 Å². The lowest BCUT2D eigenvalue weighted by atomic mass is 9.48. The Morgan fingerprint density at radius 2 is 1.89 bits per heavy atom. The lowest BCUT2D eigenvalue weighted by molar-refractivity contribution is -0.135. The molecule has 3 nitrogen and oxygen atoms in total. The molecule has 0 spiro atoms. The number of carbonyl (C=O) groups excluding carboxylic acids is 1. The van der Waals surface area contributed by atoms with Crippen LogP contribution in [0.2, 0.25) is 0 Å². The number of aliphatic hydroxyl groups excluding tert-OH is 1. The molecule has 0 radical (unpaired) electrons. The first-order chi connectivity index (χ1) is 8.84. The second-order valence-corrected chi connectivity index (χ2v) is 6.29. The van der Waals surface area contributed by atoms with Gasteiger partial charge in [0.15, 0.2) is 5.78 Å². The molecule has 0 saturated heterocycles. The molecule has 2 atom stereocenters. The standard InChI is InChI=1S/C16H18O3/c1-8-6-9(17)4-5-10(8)13-14(18)11-7-12(15(13)19)16(11,2)3/h4-6,11-12,17-18H,7H2,1-3H3. The Hall–Kier alpha value is -1.77. The summed E-state index contributed by atoms with van der Waals surface area (Å²) in [5.74, 6) is 0.537. The van der Waals surface area contributed by atoms with Crippen LogP contribution in [0.15, 0.2) is 24.0 Å². The average Bonchev–Trinajstić information content (AvgIpc) is 2.30. The maximum Gasteiger partial charge on any atom is 0.170 e. The molecule has 2 unspecified atom stereocenters. The Kier molecular flexibility index (Phi) is 2.34. The molecule has 0 heterocycles. The third kappa shape index (κ3) is 1.47. The molecule has 3 heteroatoms. The third-order valence-corrected chi connectivity index (χ3v) is 4.90. The van der Waals surface area contributed by atoms with Crippen molar-refractivity contribution in [2.75, 3.05) is 0 Å². The molecule has 1 aromatic rings. The molecule has 1 fully saturated rings. The highest BCUT2D eigenvalue weighted by atomic mass is 16.3. The largest absolute Gasteiger partial charge is 0.511 e. The minimum absolute atomic E-state index is 0.0107. The van der Waals surface area contributed by atoms with Crippen molar-refractivity contribution >= 4 is 11.4 Å². The van der Waals surface area contributed by atoms with Gasteiger partial charge in [0.25, 0.3) is 0 Å². The van der Waals surface area contributed by atoms with Crippen molar-refractivity contribution in [3.05, 3.63) is 35.1 Å². The third-order valence-electron chi connectivity index (χ3n) is 4.90. The van der Waals surface area contributed by atoms with Gasteiger partial charge in [-0.25, -0.2) is 0 Å². The lowest BCUT2D eigenvalue weighted by Crippen LogP contribution is -2.53. The number of phenolic OH excluding ortho intramolecular Hbond substituents is 1. The van der Waals surface area contributed by atoms with Crippen molar-refractivity contribution in [3.8, 4) is 5.75 Å². The van der Waals surface area contributed by atoms with Gasteiger partial charge in [0.05, 0.1) is 5.57 Å². The Bertz CT molecular complexity index is 610. The first kappa shape index (κ1) is 12.3. The lowest BCUT2D eigenvalue weighted by Gasteiger charge is -2.54. The number of aliphatic hydroxyl groups is 1. The first-order valence-electron chi connectivity index (χ1n) is 6.61. The molecule has 19 heavy (non-hydrogen) atoms. The molecular weight excluding hydrogens is 240 g/mol. The van der Waals surface area contributed by atoms with Crippen molar-refractivity contribution in [1.29, 1.82) is 0 Å². The summed E-state index contributed by atoms with van der Waals surface area (Å²) in [7, 11) is 0. The maximum absolute atomic E-state index is 12.5. The van der Waals surface area contributed by atoms with Crippen LogP contribution in [-0.4, -0.2) is 16.0 Å². The number of ketones is 1. The summed E-state index contributed by atoms with van der Waals surface area (Å²) >= 11 is 0. The van der Waals surface area contributed by atoms with Gasteiger partial charge in [-0.05, 0) is 42.0 Å². The van der Waals surface area contributed by atoms with E-state index in [1.165, 1.54) is 0 Å². The van der Waals surface area contributed by atoms with Crippen molar-refractivity contribution in [2.24, 2.45) is 17.3 Å². The molecule has 3 aliphatic carbocycles. The van der Waals surface area contributed by atoms with Gasteiger partial charge in [-0.2, -0.15) is 0 Å². The number of fused-ring (bicyclic) bond motifs is 1. The number of benzene rings is 1. The second-order valence-electron chi connectivity index (χ2n) is 6.29. The number of hydrogen-bond donors (Lipinski definition) is 2.